The van der Waals surface area contributed by atoms with Crippen LogP contribution in [0.5, 0.6) is 0 Å². The zero-order chi connectivity index (χ0) is 17.9. The van der Waals surface area contributed by atoms with E-state index < -0.39 is 0 Å². The molecular formula is C22H22N2OS. The molecular weight excluding hydrogens is 340 g/mol. The van der Waals surface area contributed by atoms with E-state index in [-0.39, 0.29) is 11.9 Å². The number of carbonyl (C=O) groups is 1. The van der Waals surface area contributed by atoms with Crippen LogP contribution in [0.15, 0.2) is 60.9 Å². The number of thiophene rings is 1. The zero-order valence-corrected chi connectivity index (χ0v) is 15.6. The maximum absolute atomic E-state index is 13.0. The van der Waals surface area contributed by atoms with Crippen LogP contribution in [0.2, 0.25) is 0 Å². The fraction of sp³-hybridized carbons (Fsp3) is 0.273. The van der Waals surface area contributed by atoms with Gasteiger partial charge in [-0.25, -0.2) is 0 Å². The van der Waals surface area contributed by atoms with Crippen LogP contribution in [-0.4, -0.2) is 10.9 Å². The fourth-order valence-electron chi connectivity index (χ4n) is 3.58. The normalized spacial score (nSPS) is 17.3. The number of amides is 1. The van der Waals surface area contributed by atoms with E-state index in [1.807, 2.05) is 42.5 Å². The number of hydrogen-bond acceptors (Lipinski definition) is 3. The van der Waals surface area contributed by atoms with Crippen molar-refractivity contribution in [2.75, 3.05) is 0 Å². The third-order valence-electron chi connectivity index (χ3n) is 5.00. The first-order chi connectivity index (χ1) is 12.7. The molecule has 2 atom stereocenters. The average Bonchev–Trinajstić information content (AvgIpc) is 3.10. The number of hydrogen-bond donors (Lipinski definition) is 1. The lowest BCUT2D eigenvalue weighted by atomic mass is 9.90. The van der Waals surface area contributed by atoms with Gasteiger partial charge in [0.05, 0.1) is 10.9 Å². The second kappa shape index (κ2) is 7.42. The van der Waals surface area contributed by atoms with Crippen LogP contribution in [0.4, 0.5) is 0 Å². The van der Waals surface area contributed by atoms with Gasteiger partial charge >= 0.3 is 0 Å². The molecule has 1 N–H and O–H groups in total. The lowest BCUT2D eigenvalue weighted by Gasteiger charge is -2.19. The molecule has 4 rings (SSSR count). The maximum Gasteiger partial charge on any atom is 0.262 e. The van der Waals surface area contributed by atoms with Crippen molar-refractivity contribution in [3.05, 3.63) is 87.4 Å². The molecule has 1 aromatic carbocycles. The Bertz CT molecular complexity index is 850. The van der Waals surface area contributed by atoms with E-state index in [0.29, 0.717) is 5.92 Å². The summed E-state index contributed by atoms with van der Waals surface area (Å²) in [4.78, 5) is 19.3. The molecule has 0 bridgehead atoms. The monoisotopic (exact) mass is 362 g/mol. The van der Waals surface area contributed by atoms with Crippen LogP contribution in [0, 0.1) is 5.92 Å². The Labute approximate surface area is 158 Å². The zero-order valence-electron chi connectivity index (χ0n) is 14.8. The minimum Gasteiger partial charge on any atom is -0.340 e. The Hall–Kier alpha value is -2.46. The Morgan fingerprint density at radius 2 is 1.88 bits per heavy atom. The molecule has 1 aliphatic rings. The number of benzene rings is 1. The number of aryl methyl sites for hydroxylation is 1. The van der Waals surface area contributed by atoms with Gasteiger partial charge in [0.1, 0.15) is 0 Å². The number of nitrogens with zero attached hydrogens (tertiary/aromatic N) is 1. The molecule has 0 fully saturated rings. The number of rotatable bonds is 4. The van der Waals surface area contributed by atoms with Crippen molar-refractivity contribution in [1.29, 1.82) is 0 Å². The first-order valence-corrected chi connectivity index (χ1v) is 9.89. The van der Waals surface area contributed by atoms with Crippen molar-refractivity contribution in [2.24, 2.45) is 5.92 Å². The Kier molecular flexibility index (Phi) is 4.85. The van der Waals surface area contributed by atoms with Crippen LogP contribution in [0.25, 0.3) is 0 Å². The highest BCUT2D eigenvalue weighted by Crippen LogP contribution is 2.32. The van der Waals surface area contributed by atoms with Crippen molar-refractivity contribution in [3.63, 3.8) is 0 Å². The Morgan fingerprint density at radius 1 is 1.15 bits per heavy atom. The summed E-state index contributed by atoms with van der Waals surface area (Å²) in [6, 6.07) is 15.9. The number of carbonyl (C=O) groups excluding carboxylic acids is 1. The van der Waals surface area contributed by atoms with Gasteiger partial charge < -0.3 is 5.32 Å². The highest BCUT2D eigenvalue weighted by atomic mass is 32.1. The highest BCUT2D eigenvalue weighted by Gasteiger charge is 2.23. The quantitative estimate of drug-likeness (QED) is 0.725. The van der Waals surface area contributed by atoms with E-state index >= 15 is 0 Å². The smallest absolute Gasteiger partial charge is 0.262 e. The van der Waals surface area contributed by atoms with Crippen molar-refractivity contribution >= 4 is 17.2 Å². The first-order valence-electron chi connectivity index (χ1n) is 9.08. The lowest BCUT2D eigenvalue weighted by molar-refractivity contribution is 0.0947. The summed E-state index contributed by atoms with van der Waals surface area (Å²) in [6.07, 6.45) is 6.94. The van der Waals surface area contributed by atoms with Gasteiger partial charge in [-0.3, -0.25) is 9.78 Å². The van der Waals surface area contributed by atoms with Crippen LogP contribution < -0.4 is 5.32 Å². The summed E-state index contributed by atoms with van der Waals surface area (Å²) in [6.45, 7) is 2.29. The van der Waals surface area contributed by atoms with Gasteiger partial charge in [-0.1, -0.05) is 37.3 Å². The third kappa shape index (κ3) is 3.56. The summed E-state index contributed by atoms with van der Waals surface area (Å²) in [5.41, 5.74) is 3.47. The van der Waals surface area contributed by atoms with Gasteiger partial charge in [-0.2, -0.15) is 0 Å². The maximum atomic E-state index is 13.0. The summed E-state index contributed by atoms with van der Waals surface area (Å²) < 4.78 is 0. The van der Waals surface area contributed by atoms with Crippen LogP contribution in [0.3, 0.4) is 0 Å². The molecule has 1 amide bonds. The van der Waals surface area contributed by atoms with Gasteiger partial charge in [0.2, 0.25) is 0 Å². The predicted octanol–water partition coefficient (Wildman–Crippen LogP) is 4.79. The van der Waals surface area contributed by atoms with Crippen LogP contribution >= 0.6 is 11.3 Å². The van der Waals surface area contributed by atoms with Crippen molar-refractivity contribution in [2.45, 2.75) is 32.2 Å². The lowest BCUT2D eigenvalue weighted by Crippen LogP contribution is -2.28. The molecule has 0 spiro atoms. The van der Waals surface area contributed by atoms with E-state index in [0.717, 1.165) is 28.8 Å². The minimum absolute atomic E-state index is 0.00252. The molecule has 4 heteroatoms. The molecule has 2 aromatic heterocycles. The van der Waals surface area contributed by atoms with Gasteiger partial charge in [0, 0.05) is 17.3 Å². The minimum atomic E-state index is -0.176. The van der Waals surface area contributed by atoms with Gasteiger partial charge in [0.15, 0.2) is 0 Å². The van der Waals surface area contributed by atoms with Crippen molar-refractivity contribution in [3.8, 4) is 0 Å². The van der Waals surface area contributed by atoms with Gasteiger partial charge in [-0.15, -0.1) is 11.3 Å². The molecule has 0 saturated heterocycles. The molecule has 0 aliphatic heterocycles. The molecule has 2 heterocycles. The topological polar surface area (TPSA) is 42.0 Å². The molecule has 0 saturated carbocycles. The second-order valence-corrected chi connectivity index (χ2v) is 8.14. The van der Waals surface area contributed by atoms with E-state index in [9.17, 15) is 4.79 Å². The number of aromatic nitrogens is 1. The molecule has 3 nitrogen and oxygen atoms in total. The number of fused-ring (bicyclic) bond motifs is 1. The van der Waals surface area contributed by atoms with Crippen molar-refractivity contribution < 1.29 is 4.79 Å². The molecule has 3 aromatic rings. The first kappa shape index (κ1) is 17.0. The van der Waals surface area contributed by atoms with Gasteiger partial charge in [0.25, 0.3) is 5.91 Å². The summed E-state index contributed by atoms with van der Waals surface area (Å²) in [5, 5.41) is 3.23. The van der Waals surface area contributed by atoms with Crippen LogP contribution in [-0.2, 0) is 12.8 Å². The molecule has 26 heavy (non-hydrogen) atoms. The summed E-state index contributed by atoms with van der Waals surface area (Å²) in [7, 11) is 0. The largest absolute Gasteiger partial charge is 0.340 e. The van der Waals surface area contributed by atoms with Crippen molar-refractivity contribution in [1.82, 2.24) is 10.3 Å². The van der Waals surface area contributed by atoms with Gasteiger partial charge in [-0.05, 0) is 60.1 Å². The highest BCUT2D eigenvalue weighted by molar-refractivity contribution is 7.14. The second-order valence-electron chi connectivity index (χ2n) is 7.00. The predicted molar refractivity (Wildman–Crippen MR) is 105 cm³/mol. The van der Waals surface area contributed by atoms with E-state index in [2.05, 4.69) is 23.3 Å². The van der Waals surface area contributed by atoms with E-state index in [1.165, 1.54) is 16.9 Å². The number of pyridine rings is 1. The summed E-state index contributed by atoms with van der Waals surface area (Å²) in [5.74, 6) is 0.713. The molecule has 2 unspecified atom stereocenters. The fourth-order valence-corrected chi connectivity index (χ4v) is 4.69. The summed E-state index contributed by atoms with van der Waals surface area (Å²) >= 11 is 1.65. The Balaban J connectivity index is 1.61. The molecule has 0 radical (unpaired) electrons. The standard InChI is InChI=1S/C22H22N2OS/c1-15-7-8-19-18(13-15)14-20(26-19)22(25)24-21(16-5-3-2-4-6-16)17-9-11-23-12-10-17/h2-6,9-12,14-15,21H,7-8,13H2,1H3,(H,24,25). The number of nitrogens with one attached hydrogen (secondary N) is 1. The van der Waals surface area contributed by atoms with E-state index in [1.54, 1.807) is 23.7 Å². The SMILES string of the molecule is CC1CCc2sc(C(=O)NC(c3ccccc3)c3ccncc3)cc2C1. The average molecular weight is 362 g/mol. The third-order valence-corrected chi connectivity index (χ3v) is 6.24. The van der Waals surface area contributed by atoms with Crippen LogP contribution in [0.1, 0.15) is 50.6 Å². The Morgan fingerprint density at radius 3 is 2.65 bits per heavy atom. The van der Waals surface area contributed by atoms with E-state index in [4.69, 9.17) is 0 Å². The molecule has 1 aliphatic carbocycles. The molecule has 132 valence electrons.